The maximum atomic E-state index is 9.40. The summed E-state index contributed by atoms with van der Waals surface area (Å²) in [5, 5.41) is 25.0. The second-order valence-corrected chi connectivity index (χ2v) is 4.79. The fraction of sp³-hybridized carbons (Fsp3) is 0.250. The van der Waals surface area contributed by atoms with E-state index in [-0.39, 0.29) is 17.5 Å². The average molecular weight is 250 g/mol. The van der Waals surface area contributed by atoms with Crippen molar-refractivity contribution < 1.29 is 10.2 Å². The first-order chi connectivity index (χ1) is 8.15. The van der Waals surface area contributed by atoms with Gasteiger partial charge in [-0.1, -0.05) is 0 Å². The van der Waals surface area contributed by atoms with Crippen LogP contribution >= 0.6 is 11.3 Å². The molecule has 5 heteroatoms. The van der Waals surface area contributed by atoms with Gasteiger partial charge in [-0.15, -0.1) is 11.3 Å². The van der Waals surface area contributed by atoms with E-state index in [0.29, 0.717) is 6.54 Å². The highest BCUT2D eigenvalue weighted by Crippen LogP contribution is 2.24. The first-order valence-electron chi connectivity index (χ1n) is 5.30. The largest absolute Gasteiger partial charge is 0.508 e. The summed E-state index contributed by atoms with van der Waals surface area (Å²) in [7, 11) is 0. The van der Waals surface area contributed by atoms with Crippen molar-refractivity contribution >= 4 is 11.3 Å². The van der Waals surface area contributed by atoms with Crippen molar-refractivity contribution in [2.24, 2.45) is 0 Å². The molecule has 90 valence electrons. The molecule has 0 radical (unpaired) electrons. The van der Waals surface area contributed by atoms with Gasteiger partial charge in [0, 0.05) is 30.2 Å². The number of phenolic OH excluding ortho intramolecular Hbond substituents is 2. The van der Waals surface area contributed by atoms with Gasteiger partial charge in [0.1, 0.15) is 16.5 Å². The van der Waals surface area contributed by atoms with Crippen molar-refractivity contribution in [3.8, 4) is 11.5 Å². The van der Waals surface area contributed by atoms with Crippen LogP contribution in [0.4, 0.5) is 0 Å². The third-order valence-corrected chi connectivity index (χ3v) is 3.25. The number of nitrogens with one attached hydrogen (secondary N) is 1. The van der Waals surface area contributed by atoms with Gasteiger partial charge in [-0.2, -0.15) is 0 Å². The van der Waals surface area contributed by atoms with E-state index in [1.54, 1.807) is 29.7 Å². The lowest BCUT2D eigenvalue weighted by Gasteiger charge is -2.13. The normalized spacial score (nSPS) is 12.5. The molecule has 1 atom stereocenters. The number of phenols is 2. The molecule has 0 aliphatic heterocycles. The van der Waals surface area contributed by atoms with E-state index >= 15 is 0 Å². The van der Waals surface area contributed by atoms with Crippen molar-refractivity contribution in [3.63, 3.8) is 0 Å². The minimum atomic E-state index is 0.0388. The summed E-state index contributed by atoms with van der Waals surface area (Å²) < 4.78 is 0. The van der Waals surface area contributed by atoms with E-state index in [2.05, 4.69) is 10.3 Å². The zero-order chi connectivity index (χ0) is 12.3. The molecular weight excluding hydrogens is 236 g/mol. The third-order valence-electron chi connectivity index (χ3n) is 2.47. The second kappa shape index (κ2) is 5.16. The molecule has 3 N–H and O–H groups in total. The Morgan fingerprint density at radius 1 is 1.29 bits per heavy atom. The molecule has 0 fully saturated rings. The van der Waals surface area contributed by atoms with Crippen molar-refractivity contribution in [2.45, 2.75) is 19.5 Å². The van der Waals surface area contributed by atoms with Crippen molar-refractivity contribution in [2.75, 3.05) is 0 Å². The number of thiazole rings is 1. The van der Waals surface area contributed by atoms with Crippen LogP contribution in [-0.4, -0.2) is 15.2 Å². The molecule has 0 amide bonds. The van der Waals surface area contributed by atoms with Crippen LogP contribution in [0.25, 0.3) is 0 Å². The Morgan fingerprint density at radius 2 is 2.00 bits per heavy atom. The molecule has 1 unspecified atom stereocenters. The van der Waals surface area contributed by atoms with Crippen LogP contribution < -0.4 is 5.32 Å². The van der Waals surface area contributed by atoms with Crippen molar-refractivity contribution in [3.05, 3.63) is 40.3 Å². The maximum absolute atomic E-state index is 9.40. The summed E-state index contributed by atoms with van der Waals surface area (Å²) in [6.07, 6.45) is 1.77. The first kappa shape index (κ1) is 11.9. The summed E-state index contributed by atoms with van der Waals surface area (Å²) in [6.45, 7) is 2.65. The van der Waals surface area contributed by atoms with E-state index in [0.717, 1.165) is 10.6 Å². The minimum Gasteiger partial charge on any atom is -0.508 e. The number of aromatic hydroxyl groups is 2. The van der Waals surface area contributed by atoms with Gasteiger partial charge >= 0.3 is 0 Å². The van der Waals surface area contributed by atoms with Crippen LogP contribution in [0.1, 0.15) is 23.5 Å². The monoisotopic (exact) mass is 250 g/mol. The van der Waals surface area contributed by atoms with Gasteiger partial charge in [0.15, 0.2) is 0 Å². The Hall–Kier alpha value is -1.59. The summed E-state index contributed by atoms with van der Waals surface area (Å²) in [5.41, 5.74) is 0.846. The first-order valence-corrected chi connectivity index (χ1v) is 6.18. The molecular formula is C12H14N2O2S. The van der Waals surface area contributed by atoms with E-state index in [1.165, 1.54) is 6.07 Å². The van der Waals surface area contributed by atoms with Crippen molar-refractivity contribution in [1.82, 2.24) is 10.3 Å². The van der Waals surface area contributed by atoms with Gasteiger partial charge in [0.25, 0.3) is 0 Å². The summed E-state index contributed by atoms with van der Waals surface area (Å²) in [6, 6.07) is 4.63. The number of benzene rings is 1. The van der Waals surface area contributed by atoms with E-state index < -0.39 is 0 Å². The SMILES string of the molecule is CC(NCc1nccs1)c1cc(O)cc(O)c1. The van der Waals surface area contributed by atoms with Crippen molar-refractivity contribution in [1.29, 1.82) is 0 Å². The summed E-state index contributed by atoms with van der Waals surface area (Å²) >= 11 is 1.59. The van der Waals surface area contributed by atoms with Crippen LogP contribution in [0, 0.1) is 0 Å². The number of rotatable bonds is 4. The number of aromatic nitrogens is 1. The molecule has 0 saturated heterocycles. The van der Waals surface area contributed by atoms with Gasteiger partial charge in [0.2, 0.25) is 0 Å². The fourth-order valence-electron chi connectivity index (χ4n) is 1.57. The lowest BCUT2D eigenvalue weighted by atomic mass is 10.1. The van der Waals surface area contributed by atoms with E-state index in [1.807, 2.05) is 12.3 Å². The fourth-order valence-corrected chi connectivity index (χ4v) is 2.13. The van der Waals surface area contributed by atoms with Crippen LogP contribution in [0.15, 0.2) is 29.8 Å². The van der Waals surface area contributed by atoms with E-state index in [9.17, 15) is 10.2 Å². The lowest BCUT2D eigenvalue weighted by molar-refractivity contribution is 0.446. The number of hydrogen-bond donors (Lipinski definition) is 3. The zero-order valence-electron chi connectivity index (χ0n) is 9.42. The van der Waals surface area contributed by atoms with Gasteiger partial charge in [-0.3, -0.25) is 0 Å². The average Bonchev–Trinajstić information content (AvgIpc) is 2.77. The van der Waals surface area contributed by atoms with Crippen LogP contribution in [0.2, 0.25) is 0 Å². The Morgan fingerprint density at radius 3 is 2.59 bits per heavy atom. The van der Waals surface area contributed by atoms with Gasteiger partial charge in [-0.05, 0) is 24.6 Å². The zero-order valence-corrected chi connectivity index (χ0v) is 10.2. The molecule has 0 saturated carbocycles. The quantitative estimate of drug-likeness (QED) is 0.779. The molecule has 2 rings (SSSR count). The predicted octanol–water partition coefficient (Wildman–Crippen LogP) is 2.41. The summed E-state index contributed by atoms with van der Waals surface area (Å²) in [5.74, 6) is 0.144. The van der Waals surface area contributed by atoms with Gasteiger partial charge in [0.05, 0.1) is 0 Å². The molecule has 0 aliphatic rings. The predicted molar refractivity (Wildman–Crippen MR) is 67.1 cm³/mol. The second-order valence-electron chi connectivity index (χ2n) is 3.81. The Bertz CT molecular complexity index is 465. The Labute approximate surface area is 104 Å². The molecule has 0 spiro atoms. The molecule has 0 aliphatic carbocycles. The highest BCUT2D eigenvalue weighted by atomic mass is 32.1. The van der Waals surface area contributed by atoms with E-state index in [4.69, 9.17) is 0 Å². The summed E-state index contributed by atoms with van der Waals surface area (Å²) in [4.78, 5) is 4.17. The van der Waals surface area contributed by atoms with Crippen LogP contribution in [-0.2, 0) is 6.54 Å². The van der Waals surface area contributed by atoms with Gasteiger partial charge < -0.3 is 15.5 Å². The smallest absolute Gasteiger partial charge is 0.119 e. The highest BCUT2D eigenvalue weighted by Gasteiger charge is 2.08. The Kier molecular flexibility index (Phi) is 3.61. The highest BCUT2D eigenvalue weighted by molar-refractivity contribution is 7.09. The molecule has 1 aromatic carbocycles. The minimum absolute atomic E-state index is 0.0388. The molecule has 2 aromatic rings. The molecule has 1 heterocycles. The molecule has 17 heavy (non-hydrogen) atoms. The third kappa shape index (κ3) is 3.18. The standard InChI is InChI=1S/C12H14N2O2S/c1-8(14-7-12-13-2-3-17-12)9-4-10(15)6-11(16)5-9/h2-6,8,14-16H,7H2,1H3. The van der Waals surface area contributed by atoms with Crippen LogP contribution in [0.5, 0.6) is 11.5 Å². The maximum Gasteiger partial charge on any atom is 0.119 e. The molecule has 1 aromatic heterocycles. The number of hydrogen-bond acceptors (Lipinski definition) is 5. The lowest BCUT2D eigenvalue weighted by Crippen LogP contribution is -2.17. The Balaban J connectivity index is 2.01. The topological polar surface area (TPSA) is 65.4 Å². The van der Waals surface area contributed by atoms with Crippen LogP contribution in [0.3, 0.4) is 0 Å². The van der Waals surface area contributed by atoms with Gasteiger partial charge in [-0.25, -0.2) is 4.98 Å². The molecule has 4 nitrogen and oxygen atoms in total. The molecule has 0 bridgehead atoms. The number of nitrogens with zero attached hydrogens (tertiary/aromatic N) is 1.